The number of benzene rings is 2. The highest BCUT2D eigenvalue weighted by molar-refractivity contribution is 7.13. The Kier molecular flexibility index (Phi) is 6.93. The lowest BCUT2D eigenvalue weighted by Crippen LogP contribution is -2.40. The normalized spacial score (nSPS) is 13.0. The number of rotatable bonds is 8. The van der Waals surface area contributed by atoms with Crippen LogP contribution in [0, 0.1) is 6.92 Å². The van der Waals surface area contributed by atoms with E-state index >= 15 is 0 Å². The van der Waals surface area contributed by atoms with Gasteiger partial charge in [0.1, 0.15) is 22.5 Å². The summed E-state index contributed by atoms with van der Waals surface area (Å²) in [5.74, 6) is -1.61. The number of amides is 2. The highest BCUT2D eigenvalue weighted by Gasteiger charge is 2.29. The zero-order valence-corrected chi connectivity index (χ0v) is 19.6. The monoisotopic (exact) mass is 479 g/mol. The Bertz CT molecular complexity index is 1190. The average Bonchev–Trinajstić information content (AvgIpc) is 3.37. The fourth-order valence-electron chi connectivity index (χ4n) is 4.10. The summed E-state index contributed by atoms with van der Waals surface area (Å²) in [6, 6.07) is 15.3. The predicted molar refractivity (Wildman–Crippen MR) is 128 cm³/mol. The summed E-state index contributed by atoms with van der Waals surface area (Å²) < 4.78 is 5.52. The zero-order valence-electron chi connectivity index (χ0n) is 18.8. The van der Waals surface area contributed by atoms with Crippen LogP contribution < -0.4 is 10.6 Å². The molecule has 9 heteroatoms. The van der Waals surface area contributed by atoms with Gasteiger partial charge in [-0.15, -0.1) is 11.3 Å². The van der Waals surface area contributed by atoms with Crippen molar-refractivity contribution in [2.75, 3.05) is 6.61 Å². The standard InChI is InChI=1S/C25H25N3O5S/c1-3-20(24(30)31)28-23(29)22-14(2)27-21(34-22)12-26-25(32)33-13-19-17-10-6-4-8-15(17)16-9-5-7-11-18(16)19/h4-11,19-20H,3,12-13H2,1-2H3,(H,26,32)(H,28,29)(H,30,31)/t20-/m1/s1. The molecule has 3 aromatic rings. The van der Waals surface area contributed by atoms with E-state index < -0.39 is 24.0 Å². The molecule has 3 N–H and O–H groups in total. The number of hydrogen-bond acceptors (Lipinski definition) is 6. The number of fused-ring (bicyclic) bond motifs is 3. The minimum Gasteiger partial charge on any atom is -0.480 e. The number of ether oxygens (including phenoxy) is 1. The molecule has 0 aliphatic heterocycles. The molecule has 0 saturated carbocycles. The predicted octanol–water partition coefficient (Wildman–Crippen LogP) is 4.08. The van der Waals surface area contributed by atoms with Gasteiger partial charge in [-0.05, 0) is 35.6 Å². The Morgan fingerprint density at radius 1 is 1.09 bits per heavy atom. The van der Waals surface area contributed by atoms with E-state index in [4.69, 9.17) is 9.84 Å². The number of carboxylic acid groups (broad SMARTS) is 1. The second-order valence-corrected chi connectivity index (χ2v) is 9.06. The van der Waals surface area contributed by atoms with Gasteiger partial charge in [0.2, 0.25) is 0 Å². The fraction of sp³-hybridized carbons (Fsp3) is 0.280. The van der Waals surface area contributed by atoms with Crippen molar-refractivity contribution in [2.45, 2.75) is 38.8 Å². The third kappa shape index (κ3) is 4.79. The third-order valence-corrected chi connectivity index (χ3v) is 6.94. The lowest BCUT2D eigenvalue weighted by molar-refractivity contribution is -0.139. The SMILES string of the molecule is CC[C@@H](NC(=O)c1sc(CNC(=O)OCC2c3ccccc3-c3ccccc32)nc1C)C(=O)O. The summed E-state index contributed by atoms with van der Waals surface area (Å²) in [5, 5.41) is 14.8. The second kappa shape index (κ2) is 10.0. The molecule has 0 fully saturated rings. The molecule has 2 amide bonds. The van der Waals surface area contributed by atoms with Crippen LogP contribution in [0.2, 0.25) is 0 Å². The third-order valence-electron chi connectivity index (χ3n) is 5.79. The van der Waals surface area contributed by atoms with Crippen molar-refractivity contribution in [1.29, 1.82) is 0 Å². The number of aliphatic carboxylic acids is 1. The molecule has 1 heterocycles. The number of carbonyl (C=O) groups is 3. The number of nitrogens with one attached hydrogen (secondary N) is 2. The Morgan fingerprint density at radius 3 is 2.29 bits per heavy atom. The molecule has 0 radical (unpaired) electrons. The van der Waals surface area contributed by atoms with E-state index in [2.05, 4.69) is 39.9 Å². The van der Waals surface area contributed by atoms with Crippen molar-refractivity contribution in [2.24, 2.45) is 0 Å². The molecular formula is C25H25N3O5S. The van der Waals surface area contributed by atoms with Crippen LogP contribution in [0.15, 0.2) is 48.5 Å². The van der Waals surface area contributed by atoms with E-state index in [-0.39, 0.29) is 25.5 Å². The smallest absolute Gasteiger partial charge is 0.407 e. The van der Waals surface area contributed by atoms with E-state index in [0.717, 1.165) is 33.6 Å². The van der Waals surface area contributed by atoms with Gasteiger partial charge >= 0.3 is 12.1 Å². The molecule has 0 unspecified atom stereocenters. The Labute approximate surface area is 201 Å². The Hall–Kier alpha value is -3.72. The minimum absolute atomic E-state index is 0.0312. The van der Waals surface area contributed by atoms with Gasteiger partial charge < -0.3 is 20.5 Å². The van der Waals surface area contributed by atoms with E-state index in [1.165, 1.54) is 0 Å². The maximum atomic E-state index is 12.4. The molecule has 4 rings (SSSR count). The summed E-state index contributed by atoms with van der Waals surface area (Å²) >= 11 is 1.11. The summed E-state index contributed by atoms with van der Waals surface area (Å²) in [6.45, 7) is 3.66. The summed E-state index contributed by atoms with van der Waals surface area (Å²) in [4.78, 5) is 40.6. The molecule has 34 heavy (non-hydrogen) atoms. The van der Waals surface area contributed by atoms with Crippen molar-refractivity contribution in [3.63, 3.8) is 0 Å². The molecule has 1 aliphatic rings. The Balaban J connectivity index is 1.34. The number of thiazole rings is 1. The average molecular weight is 480 g/mol. The van der Waals surface area contributed by atoms with E-state index in [0.29, 0.717) is 15.6 Å². The van der Waals surface area contributed by atoms with Crippen LogP contribution in [0.3, 0.4) is 0 Å². The van der Waals surface area contributed by atoms with E-state index in [1.807, 2.05) is 24.3 Å². The number of alkyl carbamates (subject to hydrolysis) is 1. The molecule has 1 aliphatic carbocycles. The van der Waals surface area contributed by atoms with Gasteiger partial charge in [0.05, 0.1) is 12.2 Å². The van der Waals surface area contributed by atoms with Gasteiger partial charge in [-0.25, -0.2) is 14.6 Å². The molecule has 2 aromatic carbocycles. The number of hydrogen-bond donors (Lipinski definition) is 3. The van der Waals surface area contributed by atoms with E-state index in [9.17, 15) is 14.4 Å². The first-order valence-electron chi connectivity index (χ1n) is 11.0. The molecule has 8 nitrogen and oxygen atoms in total. The summed E-state index contributed by atoms with van der Waals surface area (Å²) in [7, 11) is 0. The molecular weight excluding hydrogens is 454 g/mol. The van der Waals surface area contributed by atoms with Crippen molar-refractivity contribution >= 4 is 29.3 Å². The van der Waals surface area contributed by atoms with Crippen molar-refractivity contribution in [3.05, 3.63) is 75.2 Å². The second-order valence-electron chi connectivity index (χ2n) is 7.97. The zero-order chi connectivity index (χ0) is 24.2. The summed E-state index contributed by atoms with van der Waals surface area (Å²) in [5.41, 5.74) is 5.06. The maximum Gasteiger partial charge on any atom is 0.407 e. The first-order chi connectivity index (χ1) is 16.4. The number of carbonyl (C=O) groups excluding carboxylic acids is 2. The minimum atomic E-state index is -1.09. The van der Waals surface area contributed by atoms with Gasteiger partial charge in [-0.3, -0.25) is 4.79 Å². The highest BCUT2D eigenvalue weighted by atomic mass is 32.1. The van der Waals surface area contributed by atoms with Crippen LogP contribution in [0.1, 0.15) is 50.8 Å². The van der Waals surface area contributed by atoms with Gasteiger partial charge in [-0.2, -0.15) is 0 Å². The van der Waals surface area contributed by atoms with Crippen LogP contribution in [0.5, 0.6) is 0 Å². The molecule has 0 spiro atoms. The number of carboxylic acids is 1. The lowest BCUT2D eigenvalue weighted by atomic mass is 9.98. The number of nitrogens with zero attached hydrogens (tertiary/aromatic N) is 1. The molecule has 176 valence electrons. The first-order valence-corrected chi connectivity index (χ1v) is 11.8. The van der Waals surface area contributed by atoms with Crippen LogP contribution in [0.25, 0.3) is 11.1 Å². The molecule has 1 aromatic heterocycles. The van der Waals surface area contributed by atoms with Crippen LogP contribution in [-0.4, -0.2) is 40.7 Å². The van der Waals surface area contributed by atoms with Crippen LogP contribution in [-0.2, 0) is 16.1 Å². The van der Waals surface area contributed by atoms with Crippen molar-refractivity contribution in [1.82, 2.24) is 15.6 Å². The highest BCUT2D eigenvalue weighted by Crippen LogP contribution is 2.44. The number of aromatic nitrogens is 1. The first kappa shape index (κ1) is 23.4. The van der Waals surface area contributed by atoms with Crippen molar-refractivity contribution in [3.8, 4) is 11.1 Å². The Morgan fingerprint density at radius 2 is 1.71 bits per heavy atom. The summed E-state index contributed by atoms with van der Waals surface area (Å²) in [6.07, 6.45) is -0.299. The maximum absolute atomic E-state index is 12.4. The van der Waals surface area contributed by atoms with Crippen LogP contribution in [0.4, 0.5) is 4.79 Å². The van der Waals surface area contributed by atoms with Gasteiger partial charge in [0.25, 0.3) is 5.91 Å². The quantitative estimate of drug-likeness (QED) is 0.448. The molecule has 0 saturated heterocycles. The van der Waals surface area contributed by atoms with E-state index in [1.54, 1.807) is 13.8 Å². The van der Waals surface area contributed by atoms with Gasteiger partial charge in [-0.1, -0.05) is 55.5 Å². The van der Waals surface area contributed by atoms with Gasteiger partial charge in [0, 0.05) is 5.92 Å². The molecule has 0 bridgehead atoms. The largest absolute Gasteiger partial charge is 0.480 e. The number of aryl methyl sites for hydroxylation is 1. The van der Waals surface area contributed by atoms with Crippen LogP contribution >= 0.6 is 11.3 Å². The fourth-order valence-corrected chi connectivity index (χ4v) is 5.01. The van der Waals surface area contributed by atoms with Gasteiger partial charge in [0.15, 0.2) is 0 Å². The molecule has 1 atom stereocenters. The lowest BCUT2D eigenvalue weighted by Gasteiger charge is -2.14. The van der Waals surface area contributed by atoms with Crippen molar-refractivity contribution < 1.29 is 24.2 Å². The topological polar surface area (TPSA) is 118 Å².